The van der Waals surface area contributed by atoms with Crippen LogP contribution in [0, 0.1) is 38.9 Å². The van der Waals surface area contributed by atoms with Crippen molar-refractivity contribution in [3.8, 4) is 12.1 Å². The molecule has 0 radical (unpaired) electrons. The van der Waals surface area contributed by atoms with Crippen LogP contribution < -0.4 is 0 Å². The highest BCUT2D eigenvalue weighted by atomic mass is 16.1. The van der Waals surface area contributed by atoms with E-state index in [1.807, 2.05) is 39.8 Å². The summed E-state index contributed by atoms with van der Waals surface area (Å²) in [5.41, 5.74) is -0.734. The van der Waals surface area contributed by atoms with E-state index in [0.29, 0.717) is 0 Å². The lowest BCUT2D eigenvalue weighted by atomic mass is 9.63. The standard InChI is InChI=1S/C22H28N2O2/c1-8-9-22(7)12-15(13-23)17(25)10-18(22)21(5,6)11-16(14-24)19(26)20(2,3)4/h10-12H,8-9H2,1-7H3/b16-11-/t22-/m1/s1. The van der Waals surface area contributed by atoms with Gasteiger partial charge in [-0.15, -0.1) is 0 Å². The number of ketones is 2. The Bertz CT molecular complexity index is 789. The number of carbonyl (C=O) groups is 2. The SMILES string of the molecule is CCC[C@]1(C)C=C(C#N)C(=O)C=C1C(C)(C)/C=C(/C#N)C(=O)C(C)(C)C. The van der Waals surface area contributed by atoms with Crippen molar-refractivity contribution in [3.05, 3.63) is 34.9 Å². The molecule has 4 nitrogen and oxygen atoms in total. The molecule has 0 aromatic carbocycles. The number of allylic oxidation sites excluding steroid dienone is 6. The molecule has 4 heteroatoms. The molecule has 0 heterocycles. The summed E-state index contributed by atoms with van der Waals surface area (Å²) in [6, 6.07) is 4.00. The van der Waals surface area contributed by atoms with Crippen molar-refractivity contribution in [1.29, 1.82) is 10.5 Å². The second-order valence-corrected chi connectivity index (χ2v) is 8.73. The Morgan fingerprint density at radius 1 is 1.23 bits per heavy atom. The highest BCUT2D eigenvalue weighted by molar-refractivity contribution is 6.09. The van der Waals surface area contributed by atoms with Crippen molar-refractivity contribution < 1.29 is 9.59 Å². The molecule has 0 saturated heterocycles. The van der Waals surface area contributed by atoms with Crippen LogP contribution in [0.1, 0.15) is 61.3 Å². The second kappa shape index (κ2) is 7.42. The molecule has 0 bridgehead atoms. The third kappa shape index (κ3) is 4.38. The third-order valence-electron chi connectivity index (χ3n) is 4.75. The van der Waals surface area contributed by atoms with E-state index in [9.17, 15) is 20.1 Å². The number of rotatable bonds is 5. The minimum Gasteiger partial charge on any atom is -0.293 e. The first-order valence-electron chi connectivity index (χ1n) is 8.90. The van der Waals surface area contributed by atoms with E-state index in [-0.39, 0.29) is 22.7 Å². The Balaban J connectivity index is 3.52. The summed E-state index contributed by atoms with van der Waals surface area (Å²) >= 11 is 0. The van der Waals surface area contributed by atoms with Gasteiger partial charge in [0.1, 0.15) is 12.1 Å². The molecule has 0 unspecified atom stereocenters. The lowest BCUT2D eigenvalue weighted by Crippen LogP contribution is -2.32. The van der Waals surface area contributed by atoms with Gasteiger partial charge in [-0.3, -0.25) is 9.59 Å². The van der Waals surface area contributed by atoms with Gasteiger partial charge in [0.05, 0.1) is 11.1 Å². The smallest absolute Gasteiger partial charge is 0.196 e. The molecule has 1 aliphatic rings. The van der Waals surface area contributed by atoms with Crippen molar-refractivity contribution in [1.82, 2.24) is 0 Å². The maximum absolute atomic E-state index is 12.6. The third-order valence-corrected chi connectivity index (χ3v) is 4.75. The van der Waals surface area contributed by atoms with E-state index in [0.717, 1.165) is 18.4 Å². The summed E-state index contributed by atoms with van der Waals surface area (Å²) in [6.07, 6.45) is 6.56. The predicted octanol–water partition coefficient (Wildman–Crippen LogP) is 4.84. The van der Waals surface area contributed by atoms with Crippen molar-refractivity contribution in [3.63, 3.8) is 0 Å². The maximum Gasteiger partial charge on any atom is 0.196 e. The zero-order valence-corrected chi connectivity index (χ0v) is 16.9. The van der Waals surface area contributed by atoms with E-state index in [1.165, 1.54) is 6.08 Å². The number of nitrogens with zero attached hydrogens (tertiary/aromatic N) is 2. The van der Waals surface area contributed by atoms with Gasteiger partial charge >= 0.3 is 0 Å². The van der Waals surface area contributed by atoms with Gasteiger partial charge in [-0.05, 0) is 18.1 Å². The number of hydrogen-bond donors (Lipinski definition) is 0. The number of hydrogen-bond acceptors (Lipinski definition) is 4. The summed E-state index contributed by atoms with van der Waals surface area (Å²) in [7, 11) is 0. The van der Waals surface area contributed by atoms with Crippen LogP contribution in [-0.4, -0.2) is 11.6 Å². The average molecular weight is 352 g/mol. The molecule has 0 fully saturated rings. The lowest BCUT2D eigenvalue weighted by Gasteiger charge is -2.40. The molecule has 138 valence electrons. The normalized spacial score (nSPS) is 21.4. The van der Waals surface area contributed by atoms with Crippen LogP contribution in [0.5, 0.6) is 0 Å². The van der Waals surface area contributed by atoms with Crippen LogP contribution in [-0.2, 0) is 9.59 Å². The van der Waals surface area contributed by atoms with Gasteiger partial charge in [-0.25, -0.2) is 0 Å². The summed E-state index contributed by atoms with van der Waals surface area (Å²) in [5, 5.41) is 18.7. The quantitative estimate of drug-likeness (QED) is 0.523. The van der Waals surface area contributed by atoms with Crippen molar-refractivity contribution >= 4 is 11.6 Å². The van der Waals surface area contributed by atoms with E-state index < -0.39 is 16.2 Å². The van der Waals surface area contributed by atoms with E-state index in [4.69, 9.17) is 0 Å². The fourth-order valence-corrected chi connectivity index (χ4v) is 3.57. The number of carbonyl (C=O) groups excluding carboxylic acids is 2. The largest absolute Gasteiger partial charge is 0.293 e. The fraction of sp³-hybridized carbons (Fsp3) is 0.545. The van der Waals surface area contributed by atoms with E-state index >= 15 is 0 Å². The number of nitriles is 2. The van der Waals surface area contributed by atoms with Gasteiger partial charge < -0.3 is 0 Å². The molecule has 0 amide bonds. The van der Waals surface area contributed by atoms with Crippen LogP contribution in [0.4, 0.5) is 0 Å². The summed E-state index contributed by atoms with van der Waals surface area (Å²) < 4.78 is 0. The summed E-state index contributed by atoms with van der Waals surface area (Å²) in [6.45, 7) is 13.2. The Labute approximate surface area is 156 Å². The van der Waals surface area contributed by atoms with E-state index in [2.05, 4.69) is 0 Å². The van der Waals surface area contributed by atoms with Crippen LogP contribution >= 0.6 is 0 Å². The molecule has 0 aromatic heterocycles. The molecule has 0 spiro atoms. The van der Waals surface area contributed by atoms with Gasteiger partial charge in [-0.2, -0.15) is 10.5 Å². The zero-order valence-electron chi connectivity index (χ0n) is 16.9. The van der Waals surface area contributed by atoms with Gasteiger partial charge in [0.25, 0.3) is 0 Å². The van der Waals surface area contributed by atoms with E-state index in [1.54, 1.807) is 32.9 Å². The maximum atomic E-state index is 12.6. The van der Waals surface area contributed by atoms with Crippen LogP contribution in [0.15, 0.2) is 34.9 Å². The van der Waals surface area contributed by atoms with Gasteiger partial charge in [-0.1, -0.05) is 67.0 Å². The van der Waals surface area contributed by atoms with Gasteiger partial charge in [0, 0.05) is 16.2 Å². The Morgan fingerprint density at radius 2 is 1.81 bits per heavy atom. The van der Waals surface area contributed by atoms with Gasteiger partial charge in [0.2, 0.25) is 0 Å². The topological polar surface area (TPSA) is 81.7 Å². The predicted molar refractivity (Wildman–Crippen MR) is 102 cm³/mol. The molecule has 0 N–H and O–H groups in total. The Morgan fingerprint density at radius 3 is 2.23 bits per heavy atom. The molecule has 0 aliphatic heterocycles. The van der Waals surface area contributed by atoms with Gasteiger partial charge in [0.15, 0.2) is 11.6 Å². The first kappa shape index (κ1) is 21.6. The van der Waals surface area contributed by atoms with Crippen LogP contribution in [0.25, 0.3) is 0 Å². The average Bonchev–Trinajstić information content (AvgIpc) is 2.53. The van der Waals surface area contributed by atoms with Crippen LogP contribution in [0.3, 0.4) is 0 Å². The highest BCUT2D eigenvalue weighted by Crippen LogP contribution is 2.48. The molecule has 0 aromatic rings. The molecule has 26 heavy (non-hydrogen) atoms. The fourth-order valence-electron chi connectivity index (χ4n) is 3.57. The lowest BCUT2D eigenvalue weighted by molar-refractivity contribution is -0.122. The van der Waals surface area contributed by atoms with Crippen LogP contribution in [0.2, 0.25) is 0 Å². The minimum absolute atomic E-state index is 0.102. The first-order chi connectivity index (χ1) is 11.8. The molecular formula is C22H28N2O2. The first-order valence-corrected chi connectivity index (χ1v) is 8.90. The van der Waals surface area contributed by atoms with Crippen molar-refractivity contribution in [2.24, 2.45) is 16.2 Å². The molecule has 1 rings (SSSR count). The Hall–Kier alpha value is -2.46. The Kier molecular flexibility index (Phi) is 6.16. The summed E-state index contributed by atoms with van der Waals surface area (Å²) in [4.78, 5) is 24.9. The summed E-state index contributed by atoms with van der Waals surface area (Å²) in [5.74, 6) is -0.542. The number of Topliss-reactive ketones (excluding diaryl/α,β-unsaturated/α-hetero) is 1. The second-order valence-electron chi connectivity index (χ2n) is 8.73. The molecular weight excluding hydrogens is 324 g/mol. The minimum atomic E-state index is -0.678. The van der Waals surface area contributed by atoms with Crippen molar-refractivity contribution in [2.75, 3.05) is 0 Å². The monoisotopic (exact) mass is 352 g/mol. The molecule has 1 aliphatic carbocycles. The zero-order chi connectivity index (χ0) is 20.3. The van der Waals surface area contributed by atoms with Crippen molar-refractivity contribution in [2.45, 2.75) is 61.3 Å². The molecule has 1 atom stereocenters. The molecule has 0 saturated carbocycles. The highest BCUT2D eigenvalue weighted by Gasteiger charge is 2.40.